The summed E-state index contributed by atoms with van der Waals surface area (Å²) in [5.41, 5.74) is 0.0825. The van der Waals surface area contributed by atoms with Gasteiger partial charge in [0.05, 0.1) is 9.95 Å². The van der Waals surface area contributed by atoms with Gasteiger partial charge in [0.2, 0.25) is 5.75 Å². The van der Waals surface area contributed by atoms with Crippen molar-refractivity contribution in [3.8, 4) is 11.5 Å². The van der Waals surface area contributed by atoms with E-state index in [0.29, 0.717) is 0 Å². The lowest BCUT2D eigenvalue weighted by atomic mass is 10.1. The largest absolute Gasteiger partial charge is 0.478 e. The van der Waals surface area contributed by atoms with E-state index in [1.807, 2.05) is 0 Å². The van der Waals surface area contributed by atoms with Crippen LogP contribution in [-0.2, 0) is 0 Å². The van der Waals surface area contributed by atoms with E-state index < -0.39 is 16.6 Å². The number of nitrogens with zero attached hydrogens (tertiary/aromatic N) is 1. The number of rotatable bonds is 4. The van der Waals surface area contributed by atoms with E-state index in [0.717, 1.165) is 5.56 Å². The number of aryl methyl sites for hydroxylation is 1. The molecule has 108 valence electrons. The number of carboxylic acid groups (broad SMARTS) is 1. The second-order valence-electron chi connectivity index (χ2n) is 4.25. The molecule has 6 nitrogen and oxygen atoms in total. The molecule has 21 heavy (non-hydrogen) atoms. The van der Waals surface area contributed by atoms with Crippen LogP contribution in [-0.4, -0.2) is 16.0 Å². The molecule has 0 saturated heterocycles. The molecule has 0 unspecified atom stereocenters. The number of benzene rings is 2. The lowest BCUT2D eigenvalue weighted by molar-refractivity contribution is -0.385. The smallest absolute Gasteiger partial charge is 0.339 e. The van der Waals surface area contributed by atoms with E-state index in [4.69, 9.17) is 21.4 Å². The third kappa shape index (κ3) is 3.11. The number of carboxylic acids is 1. The van der Waals surface area contributed by atoms with Gasteiger partial charge in [0, 0.05) is 6.07 Å². The molecule has 1 N–H and O–H groups in total. The minimum absolute atomic E-state index is 0.161. The van der Waals surface area contributed by atoms with Crippen LogP contribution in [0.5, 0.6) is 11.5 Å². The van der Waals surface area contributed by atoms with Gasteiger partial charge in [0.1, 0.15) is 11.3 Å². The maximum Gasteiger partial charge on any atom is 0.339 e. The Balaban J connectivity index is 2.59. The van der Waals surface area contributed by atoms with Crippen molar-refractivity contribution in [2.45, 2.75) is 6.92 Å². The van der Waals surface area contributed by atoms with Crippen molar-refractivity contribution < 1.29 is 19.6 Å². The first-order chi connectivity index (χ1) is 9.90. The number of hydrogen-bond acceptors (Lipinski definition) is 4. The van der Waals surface area contributed by atoms with Crippen molar-refractivity contribution in [2.24, 2.45) is 0 Å². The first kappa shape index (κ1) is 14.8. The number of hydrogen-bond donors (Lipinski definition) is 1. The summed E-state index contributed by atoms with van der Waals surface area (Å²) in [6.07, 6.45) is 0. The zero-order valence-corrected chi connectivity index (χ0v) is 11.6. The summed E-state index contributed by atoms with van der Waals surface area (Å²) in [7, 11) is 0. The third-order valence-corrected chi connectivity index (χ3v) is 3.03. The van der Waals surface area contributed by atoms with Gasteiger partial charge in [0.15, 0.2) is 0 Å². The van der Waals surface area contributed by atoms with Crippen LogP contribution in [0.25, 0.3) is 0 Å². The van der Waals surface area contributed by atoms with E-state index in [2.05, 4.69) is 0 Å². The van der Waals surface area contributed by atoms with Gasteiger partial charge in [-0.05, 0) is 30.7 Å². The molecule has 0 bridgehead atoms. The molecule has 2 rings (SSSR count). The van der Waals surface area contributed by atoms with Crippen LogP contribution in [0.4, 0.5) is 5.69 Å². The molecule has 0 aromatic heterocycles. The second kappa shape index (κ2) is 5.80. The van der Waals surface area contributed by atoms with Crippen molar-refractivity contribution in [1.82, 2.24) is 0 Å². The van der Waals surface area contributed by atoms with E-state index in [-0.39, 0.29) is 22.1 Å². The summed E-state index contributed by atoms with van der Waals surface area (Å²) in [6.45, 7) is 1.79. The first-order valence-corrected chi connectivity index (χ1v) is 6.22. The van der Waals surface area contributed by atoms with Crippen LogP contribution >= 0.6 is 11.6 Å². The van der Waals surface area contributed by atoms with Crippen LogP contribution < -0.4 is 4.74 Å². The van der Waals surface area contributed by atoms with Crippen molar-refractivity contribution in [3.63, 3.8) is 0 Å². The topological polar surface area (TPSA) is 89.7 Å². The van der Waals surface area contributed by atoms with Crippen LogP contribution in [0.3, 0.4) is 0 Å². The van der Waals surface area contributed by atoms with Gasteiger partial charge < -0.3 is 9.84 Å². The molecule has 7 heteroatoms. The van der Waals surface area contributed by atoms with Crippen molar-refractivity contribution in [3.05, 3.63) is 62.7 Å². The van der Waals surface area contributed by atoms with E-state index >= 15 is 0 Å². The van der Waals surface area contributed by atoms with E-state index in [9.17, 15) is 14.9 Å². The summed E-state index contributed by atoms with van der Waals surface area (Å²) in [4.78, 5) is 21.5. The maximum absolute atomic E-state index is 11.2. The maximum atomic E-state index is 11.2. The lowest BCUT2D eigenvalue weighted by Gasteiger charge is -2.11. The van der Waals surface area contributed by atoms with E-state index in [1.165, 1.54) is 18.2 Å². The molecule has 2 aromatic carbocycles. The van der Waals surface area contributed by atoms with Crippen molar-refractivity contribution >= 4 is 23.3 Å². The fraction of sp³-hybridized carbons (Fsp3) is 0.0714. The number of nitro groups is 1. The molecule has 0 saturated carbocycles. The molecule has 0 heterocycles. The van der Waals surface area contributed by atoms with Crippen LogP contribution in [0.1, 0.15) is 15.9 Å². The molecule has 0 aliphatic carbocycles. The monoisotopic (exact) mass is 307 g/mol. The quantitative estimate of drug-likeness (QED) is 0.680. The van der Waals surface area contributed by atoms with Gasteiger partial charge >= 0.3 is 11.7 Å². The fourth-order valence-corrected chi connectivity index (χ4v) is 1.90. The number of nitro benzene ring substituents is 1. The van der Waals surface area contributed by atoms with E-state index in [1.54, 1.807) is 25.1 Å². The third-order valence-electron chi connectivity index (χ3n) is 2.72. The highest BCUT2D eigenvalue weighted by Crippen LogP contribution is 2.37. The highest BCUT2D eigenvalue weighted by molar-refractivity contribution is 6.32. The normalized spacial score (nSPS) is 10.2. The van der Waals surface area contributed by atoms with Crippen molar-refractivity contribution in [1.29, 1.82) is 0 Å². The number of aromatic carboxylic acids is 1. The Morgan fingerprint density at radius 3 is 2.67 bits per heavy atom. The molecule has 0 aliphatic heterocycles. The standard InChI is InChI=1S/C14H10ClNO5/c1-8-5-6-10(15)12(7-8)21-13-9(14(17)18)3-2-4-11(13)16(19)20/h2-7H,1H3,(H,17,18). The minimum atomic E-state index is -1.32. The van der Waals surface area contributed by atoms with Crippen LogP contribution in [0.15, 0.2) is 36.4 Å². The predicted octanol–water partition coefficient (Wildman–Crippen LogP) is 4.05. The first-order valence-electron chi connectivity index (χ1n) is 5.85. The van der Waals surface area contributed by atoms with Crippen LogP contribution in [0, 0.1) is 17.0 Å². The Kier molecular flexibility index (Phi) is 4.09. The van der Waals surface area contributed by atoms with Crippen molar-refractivity contribution in [2.75, 3.05) is 0 Å². The zero-order chi connectivity index (χ0) is 15.6. The Morgan fingerprint density at radius 1 is 1.33 bits per heavy atom. The number of ether oxygens (including phenoxy) is 1. The van der Waals surface area contributed by atoms with Gasteiger partial charge in [0.25, 0.3) is 0 Å². The van der Waals surface area contributed by atoms with Gasteiger partial charge in [-0.25, -0.2) is 4.79 Å². The Bertz CT molecular complexity index is 697. The average molecular weight is 308 g/mol. The SMILES string of the molecule is Cc1ccc(Cl)c(Oc2c(C(=O)O)cccc2[N+](=O)[O-])c1. The molecule has 0 fully saturated rings. The zero-order valence-electron chi connectivity index (χ0n) is 10.9. The molecular weight excluding hydrogens is 298 g/mol. The minimum Gasteiger partial charge on any atom is -0.478 e. The molecular formula is C14H10ClNO5. The predicted molar refractivity (Wildman–Crippen MR) is 76.3 cm³/mol. The summed E-state index contributed by atoms with van der Waals surface area (Å²) in [5, 5.41) is 20.4. The highest BCUT2D eigenvalue weighted by Gasteiger charge is 2.24. The van der Waals surface area contributed by atoms with Gasteiger partial charge in [-0.2, -0.15) is 0 Å². The number of para-hydroxylation sites is 1. The van der Waals surface area contributed by atoms with Gasteiger partial charge in [-0.15, -0.1) is 0 Å². The molecule has 0 atom stereocenters. The van der Waals surface area contributed by atoms with Gasteiger partial charge in [-0.1, -0.05) is 23.7 Å². The summed E-state index contributed by atoms with van der Waals surface area (Å²) in [6, 6.07) is 8.57. The number of halogens is 1. The lowest BCUT2D eigenvalue weighted by Crippen LogP contribution is -2.03. The summed E-state index contributed by atoms with van der Waals surface area (Å²) >= 11 is 5.97. The van der Waals surface area contributed by atoms with Crippen LogP contribution in [0.2, 0.25) is 5.02 Å². The Hall–Kier alpha value is -2.60. The Labute approximate surface area is 124 Å². The molecule has 0 spiro atoms. The Morgan fingerprint density at radius 2 is 2.05 bits per heavy atom. The highest BCUT2D eigenvalue weighted by atomic mass is 35.5. The van der Waals surface area contributed by atoms with Gasteiger partial charge in [-0.3, -0.25) is 10.1 Å². The second-order valence-corrected chi connectivity index (χ2v) is 4.66. The average Bonchev–Trinajstić information content (AvgIpc) is 2.42. The molecule has 0 radical (unpaired) electrons. The molecule has 2 aromatic rings. The number of carbonyl (C=O) groups is 1. The summed E-state index contributed by atoms with van der Waals surface area (Å²) in [5.74, 6) is -1.51. The summed E-state index contributed by atoms with van der Waals surface area (Å²) < 4.78 is 5.42. The fourth-order valence-electron chi connectivity index (χ4n) is 1.74. The molecule has 0 amide bonds. The molecule has 0 aliphatic rings.